The van der Waals surface area contributed by atoms with E-state index in [0.717, 1.165) is 6.42 Å². The zero-order valence-electron chi connectivity index (χ0n) is 13.0. The van der Waals surface area contributed by atoms with Crippen LogP contribution in [0.15, 0.2) is 24.3 Å². The van der Waals surface area contributed by atoms with Gasteiger partial charge in [0.05, 0.1) is 17.3 Å². The van der Waals surface area contributed by atoms with Crippen LogP contribution in [-0.2, 0) is 14.3 Å². The summed E-state index contributed by atoms with van der Waals surface area (Å²) in [5, 5.41) is 3.33. The highest BCUT2D eigenvalue weighted by molar-refractivity contribution is 6.33. The molecular weight excluding hydrogens is 316 g/mol. The number of ether oxygens (including phenoxy) is 1. The minimum atomic E-state index is -0.503. The van der Waals surface area contributed by atoms with E-state index in [0.29, 0.717) is 36.2 Å². The molecule has 0 bridgehead atoms. The van der Waals surface area contributed by atoms with Gasteiger partial charge >= 0.3 is 0 Å². The Morgan fingerprint density at radius 2 is 2.09 bits per heavy atom. The van der Waals surface area contributed by atoms with Gasteiger partial charge in [-0.3, -0.25) is 9.59 Å². The Balaban J connectivity index is 1.56. The lowest BCUT2D eigenvalue weighted by atomic mass is 10.0. The van der Waals surface area contributed by atoms with Crippen LogP contribution in [0.25, 0.3) is 0 Å². The van der Waals surface area contributed by atoms with E-state index in [9.17, 15) is 9.59 Å². The Labute approximate surface area is 140 Å². The van der Waals surface area contributed by atoms with Gasteiger partial charge in [0.1, 0.15) is 12.6 Å². The van der Waals surface area contributed by atoms with Crippen molar-refractivity contribution in [1.29, 1.82) is 0 Å². The normalized spacial score (nSPS) is 21.3. The first kappa shape index (κ1) is 16.3. The molecule has 1 saturated heterocycles. The number of piperidine rings is 1. The van der Waals surface area contributed by atoms with Crippen LogP contribution in [0.2, 0.25) is 5.02 Å². The van der Waals surface area contributed by atoms with E-state index >= 15 is 0 Å². The standard InChI is InChI=1S/C17H21ClN2O3/c18-13-4-1-2-6-15(13)20-9-3-5-14(17(20)22)19-16(21)11-23-10-12-7-8-12/h1-2,4,6,12,14H,3,5,7-11H2,(H,19,21)/t14-/m1/s1. The molecule has 0 spiro atoms. The molecule has 0 aromatic heterocycles. The molecule has 1 aromatic carbocycles. The number of hydrogen-bond donors (Lipinski definition) is 1. The lowest BCUT2D eigenvalue weighted by Gasteiger charge is -2.33. The summed E-state index contributed by atoms with van der Waals surface area (Å²) in [6, 6.07) is 6.76. The molecule has 2 fully saturated rings. The number of carbonyl (C=O) groups excluding carboxylic acids is 2. The van der Waals surface area contributed by atoms with Crippen LogP contribution >= 0.6 is 11.6 Å². The van der Waals surface area contributed by atoms with E-state index in [4.69, 9.17) is 16.3 Å². The van der Waals surface area contributed by atoms with Gasteiger partial charge in [0.25, 0.3) is 0 Å². The summed E-state index contributed by atoms with van der Waals surface area (Å²) in [5.74, 6) is 0.278. The van der Waals surface area contributed by atoms with Crippen molar-refractivity contribution < 1.29 is 14.3 Å². The summed E-state index contributed by atoms with van der Waals surface area (Å²) in [5.41, 5.74) is 0.697. The summed E-state index contributed by atoms with van der Waals surface area (Å²) in [7, 11) is 0. The van der Waals surface area contributed by atoms with Crippen LogP contribution in [0.3, 0.4) is 0 Å². The lowest BCUT2D eigenvalue weighted by Crippen LogP contribution is -2.53. The van der Waals surface area contributed by atoms with Crippen molar-refractivity contribution >= 4 is 29.1 Å². The highest BCUT2D eigenvalue weighted by atomic mass is 35.5. The van der Waals surface area contributed by atoms with Crippen molar-refractivity contribution in [1.82, 2.24) is 5.32 Å². The van der Waals surface area contributed by atoms with Gasteiger partial charge in [0, 0.05) is 6.54 Å². The predicted octanol–water partition coefficient (Wildman–Crippen LogP) is 2.38. The molecule has 1 atom stereocenters. The second-order valence-electron chi connectivity index (χ2n) is 6.16. The van der Waals surface area contributed by atoms with E-state index in [2.05, 4.69) is 5.32 Å². The maximum Gasteiger partial charge on any atom is 0.249 e. The van der Waals surface area contributed by atoms with Gasteiger partial charge in [0.2, 0.25) is 11.8 Å². The van der Waals surface area contributed by atoms with Crippen molar-refractivity contribution in [3.05, 3.63) is 29.3 Å². The van der Waals surface area contributed by atoms with Gasteiger partial charge in [-0.15, -0.1) is 0 Å². The number of nitrogens with one attached hydrogen (secondary N) is 1. The molecule has 3 rings (SSSR count). The maximum atomic E-state index is 12.6. The van der Waals surface area contributed by atoms with Crippen molar-refractivity contribution in [2.75, 3.05) is 24.7 Å². The van der Waals surface area contributed by atoms with Gasteiger partial charge in [-0.1, -0.05) is 23.7 Å². The van der Waals surface area contributed by atoms with Crippen LogP contribution < -0.4 is 10.2 Å². The molecule has 2 amide bonds. The first-order chi connectivity index (χ1) is 11.1. The summed E-state index contributed by atoms with van der Waals surface area (Å²) in [6.45, 7) is 1.28. The number of anilines is 1. The fraction of sp³-hybridized carbons (Fsp3) is 0.529. The molecule has 0 unspecified atom stereocenters. The fourth-order valence-electron chi connectivity index (χ4n) is 2.76. The second-order valence-corrected chi connectivity index (χ2v) is 6.57. The first-order valence-corrected chi connectivity index (χ1v) is 8.46. The Morgan fingerprint density at radius 3 is 2.83 bits per heavy atom. The highest BCUT2D eigenvalue weighted by Crippen LogP contribution is 2.29. The van der Waals surface area contributed by atoms with Crippen molar-refractivity contribution in [3.63, 3.8) is 0 Å². The van der Waals surface area contributed by atoms with Crippen LogP contribution in [0, 0.1) is 5.92 Å². The van der Waals surface area contributed by atoms with Gasteiger partial charge in [0.15, 0.2) is 0 Å². The van der Waals surface area contributed by atoms with E-state index in [1.54, 1.807) is 11.0 Å². The number of nitrogens with zero attached hydrogens (tertiary/aromatic N) is 1. The number of benzene rings is 1. The Kier molecular flexibility index (Phi) is 5.18. The molecule has 1 aromatic rings. The topological polar surface area (TPSA) is 58.6 Å². The minimum absolute atomic E-state index is 0.0202. The molecule has 1 aliphatic carbocycles. The van der Waals surface area contributed by atoms with Crippen molar-refractivity contribution in [3.8, 4) is 0 Å². The molecule has 1 N–H and O–H groups in total. The second kappa shape index (κ2) is 7.32. The zero-order valence-corrected chi connectivity index (χ0v) is 13.7. The van der Waals surface area contributed by atoms with Crippen LogP contribution in [-0.4, -0.2) is 37.6 Å². The molecule has 1 heterocycles. The molecule has 1 saturated carbocycles. The molecule has 1 aliphatic heterocycles. The average molecular weight is 337 g/mol. The maximum absolute atomic E-state index is 12.6. The lowest BCUT2D eigenvalue weighted by molar-refractivity contribution is -0.131. The minimum Gasteiger partial charge on any atom is -0.371 e. The smallest absolute Gasteiger partial charge is 0.249 e. The van der Waals surface area contributed by atoms with E-state index in [1.165, 1.54) is 12.8 Å². The summed E-state index contributed by atoms with van der Waals surface area (Å²) >= 11 is 6.18. The van der Waals surface area contributed by atoms with E-state index in [1.807, 2.05) is 18.2 Å². The quantitative estimate of drug-likeness (QED) is 0.867. The van der Waals surface area contributed by atoms with Crippen LogP contribution in [0.5, 0.6) is 0 Å². The van der Waals surface area contributed by atoms with E-state index in [-0.39, 0.29) is 18.4 Å². The molecular formula is C17H21ClN2O3. The number of halogens is 1. The van der Waals surface area contributed by atoms with Crippen molar-refractivity contribution in [2.45, 2.75) is 31.7 Å². The Morgan fingerprint density at radius 1 is 1.30 bits per heavy atom. The largest absolute Gasteiger partial charge is 0.371 e. The predicted molar refractivity (Wildman–Crippen MR) is 88.5 cm³/mol. The van der Waals surface area contributed by atoms with Crippen LogP contribution in [0.1, 0.15) is 25.7 Å². The molecule has 0 radical (unpaired) electrons. The zero-order chi connectivity index (χ0) is 16.2. The molecule has 23 heavy (non-hydrogen) atoms. The average Bonchev–Trinajstić information content (AvgIpc) is 3.35. The monoisotopic (exact) mass is 336 g/mol. The van der Waals surface area contributed by atoms with E-state index < -0.39 is 6.04 Å². The summed E-state index contributed by atoms with van der Waals surface area (Å²) in [6.07, 6.45) is 3.85. The number of hydrogen-bond acceptors (Lipinski definition) is 3. The molecule has 6 heteroatoms. The van der Waals surface area contributed by atoms with Crippen LogP contribution in [0.4, 0.5) is 5.69 Å². The first-order valence-electron chi connectivity index (χ1n) is 8.08. The third-order valence-electron chi connectivity index (χ3n) is 4.20. The molecule has 124 valence electrons. The number of para-hydroxylation sites is 1. The van der Waals surface area contributed by atoms with Gasteiger partial charge in [-0.2, -0.15) is 0 Å². The number of rotatable bonds is 6. The summed E-state index contributed by atoms with van der Waals surface area (Å²) < 4.78 is 5.37. The third kappa shape index (κ3) is 4.24. The molecule has 5 nitrogen and oxygen atoms in total. The SMILES string of the molecule is O=C(COCC1CC1)N[C@@H]1CCCN(c2ccccc2Cl)C1=O. The number of amides is 2. The third-order valence-corrected chi connectivity index (χ3v) is 4.52. The number of carbonyl (C=O) groups is 2. The van der Waals surface area contributed by atoms with Gasteiger partial charge < -0.3 is 15.0 Å². The highest BCUT2D eigenvalue weighted by Gasteiger charge is 2.31. The van der Waals surface area contributed by atoms with Gasteiger partial charge in [-0.25, -0.2) is 0 Å². The Hall–Kier alpha value is -1.59. The van der Waals surface area contributed by atoms with Gasteiger partial charge in [-0.05, 0) is 43.7 Å². The molecule has 2 aliphatic rings. The van der Waals surface area contributed by atoms with Crippen molar-refractivity contribution in [2.24, 2.45) is 5.92 Å². The summed E-state index contributed by atoms with van der Waals surface area (Å²) in [4.78, 5) is 26.2. The fourth-order valence-corrected chi connectivity index (χ4v) is 3.00. The Bertz CT molecular complexity index is 589.